The van der Waals surface area contributed by atoms with Crippen LogP contribution in [0.25, 0.3) is 10.9 Å². The highest BCUT2D eigenvalue weighted by molar-refractivity contribution is 5.83. The normalized spacial score (nSPS) is 18.4. The number of unbranched alkanes of at least 4 members (excludes halogenated alkanes) is 1. The number of pyridine rings is 1. The lowest BCUT2D eigenvalue weighted by molar-refractivity contribution is -0.139. The van der Waals surface area contributed by atoms with Crippen LogP contribution in [-0.4, -0.2) is 47.7 Å². The third-order valence-corrected chi connectivity index (χ3v) is 7.94. The van der Waals surface area contributed by atoms with Crippen molar-refractivity contribution in [3.05, 3.63) is 71.4 Å². The molecule has 0 radical (unpaired) electrons. The summed E-state index contributed by atoms with van der Waals surface area (Å²) in [5, 5.41) is 10.6. The zero-order valence-electron chi connectivity index (χ0n) is 22.4. The summed E-state index contributed by atoms with van der Waals surface area (Å²) < 4.78 is 43.6. The van der Waals surface area contributed by atoms with Crippen molar-refractivity contribution in [1.29, 1.82) is 0 Å². The first-order valence-corrected chi connectivity index (χ1v) is 13.7. The highest BCUT2D eigenvalue weighted by Crippen LogP contribution is 2.32. The first-order valence-electron chi connectivity index (χ1n) is 13.7. The van der Waals surface area contributed by atoms with Gasteiger partial charge in [-0.1, -0.05) is 12.1 Å². The van der Waals surface area contributed by atoms with Crippen molar-refractivity contribution >= 4 is 16.9 Å². The molecule has 0 amide bonds. The van der Waals surface area contributed by atoms with Crippen LogP contribution in [-0.2, 0) is 23.8 Å². The van der Waals surface area contributed by atoms with Gasteiger partial charge < -0.3 is 14.7 Å². The number of likely N-dealkylation sites (tertiary alicyclic amines) is 1. The van der Waals surface area contributed by atoms with Crippen molar-refractivity contribution in [2.45, 2.75) is 57.5 Å². The van der Waals surface area contributed by atoms with Crippen LogP contribution in [0.2, 0.25) is 0 Å². The van der Waals surface area contributed by atoms with E-state index in [9.17, 15) is 23.1 Å². The smallest absolute Gasteiger partial charge is 0.416 e. The molecule has 3 aromatic rings. The van der Waals surface area contributed by atoms with Crippen LogP contribution in [0.3, 0.4) is 0 Å². The summed E-state index contributed by atoms with van der Waals surface area (Å²) in [5.41, 5.74) is 2.47. The SMILES string of the molecule is COc1ccc2nccc(CCC[C@@H]3CCN(CCCCc4ccc(C(F)(F)F)cc4)C[C@@H]3CC(=O)O)c2c1. The van der Waals surface area contributed by atoms with E-state index in [1.807, 2.05) is 24.4 Å². The van der Waals surface area contributed by atoms with E-state index in [0.29, 0.717) is 5.92 Å². The molecule has 2 heterocycles. The predicted octanol–water partition coefficient (Wildman–Crippen LogP) is 7.02. The van der Waals surface area contributed by atoms with Gasteiger partial charge >= 0.3 is 12.1 Å². The maximum atomic E-state index is 12.8. The number of benzene rings is 2. The maximum absolute atomic E-state index is 12.8. The second-order valence-electron chi connectivity index (χ2n) is 10.6. The van der Waals surface area contributed by atoms with Gasteiger partial charge in [-0.3, -0.25) is 9.78 Å². The predicted molar refractivity (Wildman–Crippen MR) is 146 cm³/mol. The molecular weight excluding hydrogens is 505 g/mol. The molecule has 2 atom stereocenters. The van der Waals surface area contributed by atoms with Gasteiger partial charge in [0.15, 0.2) is 0 Å². The van der Waals surface area contributed by atoms with Gasteiger partial charge in [-0.2, -0.15) is 13.2 Å². The standard InChI is InChI=1S/C31H37F3N2O3/c1-39-27-12-13-29-28(20-27)24(14-16-35-29)7-4-6-23-15-18-36(21-25(23)19-30(37)38)17-3-2-5-22-8-10-26(11-9-22)31(32,33)34/h8-14,16,20,23,25H,2-7,15,17-19,21H2,1H3,(H,37,38)/t23-,25+/m1/s1. The monoisotopic (exact) mass is 542 g/mol. The lowest BCUT2D eigenvalue weighted by atomic mass is 9.79. The number of halogens is 3. The fraction of sp³-hybridized carbons (Fsp3) is 0.484. The van der Waals surface area contributed by atoms with E-state index in [1.165, 1.54) is 5.56 Å². The fourth-order valence-corrected chi connectivity index (χ4v) is 5.80. The Labute approximate surface area is 228 Å². The number of aryl methyl sites for hydroxylation is 2. The number of aliphatic carboxylic acids is 1. The average molecular weight is 543 g/mol. The highest BCUT2D eigenvalue weighted by atomic mass is 19.4. The number of rotatable bonds is 12. The summed E-state index contributed by atoms with van der Waals surface area (Å²) in [4.78, 5) is 18.4. The Kier molecular flexibility index (Phi) is 9.83. The molecule has 0 aliphatic carbocycles. The van der Waals surface area contributed by atoms with Crippen molar-refractivity contribution in [2.24, 2.45) is 11.8 Å². The van der Waals surface area contributed by atoms with E-state index in [2.05, 4.69) is 16.0 Å². The van der Waals surface area contributed by atoms with Crippen LogP contribution in [0.5, 0.6) is 5.75 Å². The van der Waals surface area contributed by atoms with E-state index < -0.39 is 17.7 Å². The fourth-order valence-electron chi connectivity index (χ4n) is 5.80. The van der Waals surface area contributed by atoms with Crippen LogP contribution in [0.4, 0.5) is 13.2 Å². The van der Waals surface area contributed by atoms with Gasteiger partial charge in [0, 0.05) is 24.5 Å². The van der Waals surface area contributed by atoms with E-state index in [1.54, 1.807) is 19.2 Å². The lowest BCUT2D eigenvalue weighted by Gasteiger charge is -2.38. The zero-order valence-corrected chi connectivity index (χ0v) is 22.4. The molecule has 5 nitrogen and oxygen atoms in total. The molecule has 210 valence electrons. The molecule has 1 fully saturated rings. The quantitative estimate of drug-likeness (QED) is 0.249. The van der Waals surface area contributed by atoms with Gasteiger partial charge in [0.1, 0.15) is 5.75 Å². The third-order valence-electron chi connectivity index (χ3n) is 7.94. The zero-order chi connectivity index (χ0) is 27.8. The number of fused-ring (bicyclic) bond motifs is 1. The van der Waals surface area contributed by atoms with Crippen LogP contribution >= 0.6 is 0 Å². The molecule has 0 saturated carbocycles. The summed E-state index contributed by atoms with van der Waals surface area (Å²) >= 11 is 0. The molecule has 39 heavy (non-hydrogen) atoms. The Morgan fingerprint density at radius 1 is 1.05 bits per heavy atom. The topological polar surface area (TPSA) is 62.7 Å². The van der Waals surface area contributed by atoms with E-state index in [-0.39, 0.29) is 12.3 Å². The summed E-state index contributed by atoms with van der Waals surface area (Å²) in [7, 11) is 1.66. The largest absolute Gasteiger partial charge is 0.497 e. The van der Waals surface area contributed by atoms with Crippen molar-refractivity contribution < 1.29 is 27.8 Å². The summed E-state index contributed by atoms with van der Waals surface area (Å²) in [6.45, 7) is 2.62. The minimum absolute atomic E-state index is 0.125. The van der Waals surface area contributed by atoms with Crippen molar-refractivity contribution in [3.8, 4) is 5.75 Å². The number of carboxylic acid groups (broad SMARTS) is 1. The number of carbonyl (C=O) groups is 1. The third kappa shape index (κ3) is 8.18. The van der Waals surface area contributed by atoms with Crippen LogP contribution < -0.4 is 4.74 Å². The Balaban J connectivity index is 1.25. The molecule has 1 aromatic heterocycles. The van der Waals surface area contributed by atoms with E-state index in [4.69, 9.17) is 4.74 Å². The van der Waals surface area contributed by atoms with Gasteiger partial charge in [0.25, 0.3) is 0 Å². The lowest BCUT2D eigenvalue weighted by Crippen LogP contribution is -2.41. The average Bonchev–Trinajstić information content (AvgIpc) is 2.91. The molecule has 4 rings (SSSR count). The Morgan fingerprint density at radius 2 is 1.85 bits per heavy atom. The number of hydrogen-bond acceptors (Lipinski definition) is 4. The number of hydrogen-bond donors (Lipinski definition) is 1. The van der Waals surface area contributed by atoms with Crippen molar-refractivity contribution in [1.82, 2.24) is 9.88 Å². The first kappa shape index (κ1) is 28.9. The van der Waals surface area contributed by atoms with E-state index >= 15 is 0 Å². The number of carboxylic acids is 1. The number of piperidine rings is 1. The first-order chi connectivity index (χ1) is 18.7. The van der Waals surface area contributed by atoms with Gasteiger partial charge in [-0.05, 0) is 117 Å². The van der Waals surface area contributed by atoms with Crippen molar-refractivity contribution in [2.75, 3.05) is 26.7 Å². The highest BCUT2D eigenvalue weighted by Gasteiger charge is 2.31. The Hall–Kier alpha value is -3.13. The number of aromatic nitrogens is 1. The number of nitrogens with zero attached hydrogens (tertiary/aromatic N) is 2. The Bertz CT molecular complexity index is 1230. The summed E-state index contributed by atoms with van der Waals surface area (Å²) in [6, 6.07) is 13.4. The number of ether oxygens (including phenoxy) is 1. The minimum Gasteiger partial charge on any atom is -0.497 e. The number of methoxy groups -OCH3 is 1. The molecule has 0 bridgehead atoms. The van der Waals surface area contributed by atoms with Crippen molar-refractivity contribution in [3.63, 3.8) is 0 Å². The molecule has 0 unspecified atom stereocenters. The molecule has 1 aliphatic rings. The second-order valence-corrected chi connectivity index (χ2v) is 10.6. The van der Waals surface area contributed by atoms with Gasteiger partial charge in [0.05, 0.1) is 18.2 Å². The summed E-state index contributed by atoms with van der Waals surface area (Å²) in [6.07, 6.45) is 4.16. The van der Waals surface area contributed by atoms with Crippen LogP contribution in [0.15, 0.2) is 54.7 Å². The second kappa shape index (κ2) is 13.3. The minimum atomic E-state index is -4.31. The van der Waals surface area contributed by atoms with Gasteiger partial charge in [-0.25, -0.2) is 0 Å². The molecule has 1 N–H and O–H groups in total. The number of alkyl halides is 3. The van der Waals surface area contributed by atoms with Crippen LogP contribution in [0, 0.1) is 11.8 Å². The molecule has 8 heteroatoms. The van der Waals surface area contributed by atoms with E-state index in [0.717, 1.165) is 98.9 Å². The van der Waals surface area contributed by atoms with Gasteiger partial charge in [0.2, 0.25) is 0 Å². The molecule has 1 aliphatic heterocycles. The molecular formula is C31H37F3N2O3. The maximum Gasteiger partial charge on any atom is 0.416 e. The molecule has 2 aromatic carbocycles. The molecule has 1 saturated heterocycles. The molecule has 0 spiro atoms. The van der Waals surface area contributed by atoms with Crippen LogP contribution in [0.1, 0.15) is 55.2 Å². The Morgan fingerprint density at radius 3 is 2.56 bits per heavy atom. The van der Waals surface area contributed by atoms with Gasteiger partial charge in [-0.15, -0.1) is 0 Å². The summed E-state index contributed by atoms with van der Waals surface area (Å²) in [5.74, 6) is 0.568.